The third-order valence-corrected chi connectivity index (χ3v) is 4.66. The summed E-state index contributed by atoms with van der Waals surface area (Å²) < 4.78 is 7.32. The van der Waals surface area contributed by atoms with E-state index in [1.165, 1.54) is 22.4 Å². The van der Waals surface area contributed by atoms with Crippen molar-refractivity contribution in [3.63, 3.8) is 0 Å². The Morgan fingerprint density at radius 1 is 1.08 bits per heavy atom. The molecule has 1 aromatic carbocycles. The van der Waals surface area contributed by atoms with Gasteiger partial charge in [0.05, 0.1) is 18.9 Å². The fourth-order valence-electron chi connectivity index (χ4n) is 3.30. The number of nitrogens with one attached hydrogen (secondary N) is 1. The van der Waals surface area contributed by atoms with Crippen molar-refractivity contribution in [2.24, 2.45) is 7.05 Å². The van der Waals surface area contributed by atoms with Gasteiger partial charge >= 0.3 is 0 Å². The van der Waals surface area contributed by atoms with E-state index in [1.54, 1.807) is 0 Å². The smallest absolute Gasteiger partial charge is 0.0694 e. The number of rotatable bonds is 7. The maximum Gasteiger partial charge on any atom is 0.0694 e. The zero-order valence-corrected chi connectivity index (χ0v) is 15.7. The Morgan fingerprint density at radius 2 is 1.76 bits per heavy atom. The van der Waals surface area contributed by atoms with Gasteiger partial charge in [-0.3, -0.25) is 9.58 Å². The summed E-state index contributed by atoms with van der Waals surface area (Å²) in [5, 5.41) is 8.11. The molecule has 0 radical (unpaired) electrons. The maximum atomic E-state index is 5.41. The van der Waals surface area contributed by atoms with Gasteiger partial charge in [-0.05, 0) is 17.0 Å². The molecule has 0 bridgehead atoms. The van der Waals surface area contributed by atoms with Gasteiger partial charge in [0.15, 0.2) is 0 Å². The minimum atomic E-state index is 0.456. The van der Waals surface area contributed by atoms with Crippen molar-refractivity contribution in [2.75, 3.05) is 26.3 Å². The number of nitrogens with zero attached hydrogens (tertiary/aromatic N) is 3. The van der Waals surface area contributed by atoms with Crippen LogP contribution in [0.5, 0.6) is 0 Å². The van der Waals surface area contributed by atoms with Gasteiger partial charge in [-0.25, -0.2) is 0 Å². The van der Waals surface area contributed by atoms with E-state index in [0.717, 1.165) is 45.9 Å². The summed E-state index contributed by atoms with van der Waals surface area (Å²) >= 11 is 0. The topological polar surface area (TPSA) is 42.3 Å². The Labute approximate surface area is 151 Å². The van der Waals surface area contributed by atoms with Gasteiger partial charge in [0.2, 0.25) is 0 Å². The standard InChI is InChI=1S/C20H30N4O/c1-16(2)20-19(15-23(3)22-20)13-21-12-17-4-6-18(7-5-17)14-24-8-10-25-11-9-24/h4-7,15-16,21H,8-14H2,1-3H3. The minimum Gasteiger partial charge on any atom is -0.379 e. The molecular weight excluding hydrogens is 312 g/mol. The average molecular weight is 342 g/mol. The molecule has 5 nitrogen and oxygen atoms in total. The van der Waals surface area contributed by atoms with E-state index in [-0.39, 0.29) is 0 Å². The first kappa shape index (κ1) is 18.1. The first-order chi connectivity index (χ1) is 12.1. The van der Waals surface area contributed by atoms with Crippen LogP contribution in [-0.4, -0.2) is 41.0 Å². The van der Waals surface area contributed by atoms with Crippen molar-refractivity contribution in [2.45, 2.75) is 39.4 Å². The Hall–Kier alpha value is -1.69. The largest absolute Gasteiger partial charge is 0.379 e. The summed E-state index contributed by atoms with van der Waals surface area (Å²) in [6, 6.07) is 8.96. The molecule has 0 atom stereocenters. The van der Waals surface area contributed by atoms with Gasteiger partial charge in [0.25, 0.3) is 0 Å². The van der Waals surface area contributed by atoms with Crippen molar-refractivity contribution in [1.82, 2.24) is 20.0 Å². The fourth-order valence-corrected chi connectivity index (χ4v) is 3.30. The zero-order valence-electron chi connectivity index (χ0n) is 15.7. The van der Waals surface area contributed by atoms with Crippen molar-refractivity contribution in [1.29, 1.82) is 0 Å². The fraction of sp³-hybridized carbons (Fsp3) is 0.550. The van der Waals surface area contributed by atoms with Crippen LogP contribution in [-0.2, 0) is 31.4 Å². The highest BCUT2D eigenvalue weighted by molar-refractivity contribution is 5.23. The van der Waals surface area contributed by atoms with Gasteiger partial charge < -0.3 is 10.1 Å². The highest BCUT2D eigenvalue weighted by Gasteiger charge is 2.12. The molecular formula is C20H30N4O. The number of aromatic nitrogens is 2. The van der Waals surface area contributed by atoms with Crippen LogP contribution in [0.4, 0.5) is 0 Å². The normalized spacial score (nSPS) is 15.8. The average Bonchev–Trinajstić information content (AvgIpc) is 2.98. The van der Waals surface area contributed by atoms with Crippen LogP contribution in [0.3, 0.4) is 0 Å². The molecule has 1 saturated heterocycles. The molecule has 1 aliphatic rings. The summed E-state index contributed by atoms with van der Waals surface area (Å²) in [5.41, 5.74) is 5.18. The molecule has 0 amide bonds. The first-order valence-electron chi connectivity index (χ1n) is 9.23. The molecule has 136 valence electrons. The summed E-state index contributed by atoms with van der Waals surface area (Å²) in [6.45, 7) is 10.9. The predicted molar refractivity (Wildman–Crippen MR) is 100 cm³/mol. The number of aryl methyl sites for hydroxylation is 1. The highest BCUT2D eigenvalue weighted by atomic mass is 16.5. The van der Waals surface area contributed by atoms with Gasteiger partial charge in [-0.15, -0.1) is 0 Å². The van der Waals surface area contributed by atoms with Crippen molar-refractivity contribution >= 4 is 0 Å². The number of ether oxygens (including phenoxy) is 1. The van der Waals surface area contributed by atoms with Crippen LogP contribution in [0.1, 0.15) is 42.1 Å². The Kier molecular flexibility index (Phi) is 6.24. The summed E-state index contributed by atoms with van der Waals surface area (Å²) in [4.78, 5) is 2.45. The van der Waals surface area contributed by atoms with Crippen LogP contribution in [0.15, 0.2) is 30.5 Å². The second-order valence-electron chi connectivity index (χ2n) is 7.18. The van der Waals surface area contributed by atoms with Crippen LogP contribution < -0.4 is 5.32 Å². The number of morpholine rings is 1. The molecule has 0 saturated carbocycles. The van der Waals surface area contributed by atoms with E-state index in [2.05, 4.69) is 59.6 Å². The molecule has 0 spiro atoms. The molecule has 5 heteroatoms. The number of hydrogen-bond donors (Lipinski definition) is 1. The Balaban J connectivity index is 1.48. The monoisotopic (exact) mass is 342 g/mol. The van der Waals surface area contributed by atoms with Crippen molar-refractivity contribution < 1.29 is 4.74 Å². The lowest BCUT2D eigenvalue weighted by Gasteiger charge is -2.26. The van der Waals surface area contributed by atoms with Crippen molar-refractivity contribution in [3.8, 4) is 0 Å². The number of benzene rings is 1. The molecule has 0 aliphatic carbocycles. The molecule has 2 aromatic rings. The third kappa shape index (κ3) is 5.14. The molecule has 1 N–H and O–H groups in total. The lowest BCUT2D eigenvalue weighted by atomic mass is 10.1. The third-order valence-electron chi connectivity index (χ3n) is 4.66. The lowest BCUT2D eigenvalue weighted by Crippen LogP contribution is -2.35. The summed E-state index contributed by atoms with van der Waals surface area (Å²) in [5.74, 6) is 0.456. The van der Waals surface area contributed by atoms with E-state index in [4.69, 9.17) is 4.74 Å². The molecule has 25 heavy (non-hydrogen) atoms. The Morgan fingerprint density at radius 3 is 2.44 bits per heavy atom. The zero-order chi connectivity index (χ0) is 17.6. The molecule has 1 aromatic heterocycles. The minimum absolute atomic E-state index is 0.456. The highest BCUT2D eigenvalue weighted by Crippen LogP contribution is 2.17. The van der Waals surface area contributed by atoms with E-state index in [1.807, 2.05) is 11.7 Å². The van der Waals surface area contributed by atoms with Crippen LogP contribution in [0.2, 0.25) is 0 Å². The summed E-state index contributed by atoms with van der Waals surface area (Å²) in [7, 11) is 1.99. The Bertz CT molecular complexity index is 657. The van der Waals surface area contributed by atoms with E-state index in [0.29, 0.717) is 5.92 Å². The molecule has 2 heterocycles. The molecule has 1 aliphatic heterocycles. The van der Waals surface area contributed by atoms with Gasteiger partial charge in [0, 0.05) is 51.5 Å². The SMILES string of the molecule is CC(C)c1nn(C)cc1CNCc1ccc(CN2CCOCC2)cc1. The second kappa shape index (κ2) is 8.61. The molecule has 1 fully saturated rings. The van der Waals surface area contributed by atoms with E-state index in [9.17, 15) is 0 Å². The van der Waals surface area contributed by atoms with Gasteiger partial charge in [0.1, 0.15) is 0 Å². The lowest BCUT2D eigenvalue weighted by molar-refractivity contribution is 0.0342. The number of hydrogen-bond acceptors (Lipinski definition) is 4. The van der Waals surface area contributed by atoms with Crippen LogP contribution in [0.25, 0.3) is 0 Å². The van der Waals surface area contributed by atoms with Gasteiger partial charge in [-0.1, -0.05) is 38.1 Å². The second-order valence-corrected chi connectivity index (χ2v) is 7.18. The predicted octanol–water partition coefficient (Wildman–Crippen LogP) is 2.67. The summed E-state index contributed by atoms with van der Waals surface area (Å²) in [6.07, 6.45) is 2.12. The van der Waals surface area contributed by atoms with Crippen molar-refractivity contribution in [3.05, 3.63) is 52.8 Å². The molecule has 0 unspecified atom stereocenters. The quantitative estimate of drug-likeness (QED) is 0.840. The van der Waals surface area contributed by atoms with Crippen LogP contribution in [0, 0.1) is 0 Å². The molecule has 3 rings (SSSR count). The van der Waals surface area contributed by atoms with Crippen LogP contribution >= 0.6 is 0 Å². The van der Waals surface area contributed by atoms with E-state index < -0.39 is 0 Å². The van der Waals surface area contributed by atoms with Gasteiger partial charge in [-0.2, -0.15) is 5.10 Å². The first-order valence-corrected chi connectivity index (χ1v) is 9.23. The van der Waals surface area contributed by atoms with E-state index >= 15 is 0 Å². The maximum absolute atomic E-state index is 5.41.